The van der Waals surface area contributed by atoms with Crippen molar-refractivity contribution in [2.75, 3.05) is 40.3 Å². The highest BCUT2D eigenvalue weighted by molar-refractivity contribution is 5.80. The van der Waals surface area contributed by atoms with Crippen LogP contribution in [0.4, 0.5) is 4.79 Å². The third-order valence-electron chi connectivity index (χ3n) is 3.69. The number of rotatable bonds is 10. The molecule has 0 saturated heterocycles. The van der Waals surface area contributed by atoms with Gasteiger partial charge in [-0.3, -0.25) is 0 Å². The normalized spacial score (nSPS) is 17.6. The molecule has 27 heavy (non-hydrogen) atoms. The summed E-state index contributed by atoms with van der Waals surface area (Å²) in [6.07, 6.45) is -1.64. The van der Waals surface area contributed by atoms with Crippen LogP contribution in [0.1, 0.15) is 25.5 Å². The Kier molecular flexibility index (Phi) is 8.15. The Morgan fingerprint density at radius 2 is 1.93 bits per heavy atom. The van der Waals surface area contributed by atoms with Gasteiger partial charge in [-0.05, 0) is 26.0 Å². The number of amides is 1. The van der Waals surface area contributed by atoms with Crippen LogP contribution in [0.3, 0.4) is 0 Å². The Morgan fingerprint density at radius 3 is 2.63 bits per heavy atom. The molecule has 1 aliphatic heterocycles. The van der Waals surface area contributed by atoms with Crippen LogP contribution in [-0.4, -0.2) is 58.5 Å². The number of hydrogen-bond acceptors (Lipinski definition) is 8. The number of carbonyl (C=O) groups excluding carboxylic acids is 2. The molecule has 2 atom stereocenters. The van der Waals surface area contributed by atoms with Gasteiger partial charge in [0, 0.05) is 18.7 Å². The Morgan fingerprint density at radius 1 is 1.15 bits per heavy atom. The highest BCUT2D eigenvalue weighted by Gasteiger charge is 2.42. The van der Waals surface area contributed by atoms with Crippen molar-refractivity contribution in [2.45, 2.75) is 26.0 Å². The van der Waals surface area contributed by atoms with Crippen molar-refractivity contribution in [1.82, 2.24) is 5.32 Å². The molecule has 0 spiro atoms. The van der Waals surface area contributed by atoms with Crippen molar-refractivity contribution < 1.29 is 38.0 Å². The molecule has 1 N–H and O–H groups in total. The third-order valence-corrected chi connectivity index (χ3v) is 3.69. The number of fused-ring (bicyclic) bond motifs is 1. The molecule has 0 aliphatic carbocycles. The summed E-state index contributed by atoms with van der Waals surface area (Å²) in [6, 6.07) is 4.34. The Bertz CT molecular complexity index is 636. The first-order valence-corrected chi connectivity index (χ1v) is 8.70. The Hall–Kier alpha value is -2.52. The van der Waals surface area contributed by atoms with E-state index in [-0.39, 0.29) is 20.0 Å². The van der Waals surface area contributed by atoms with E-state index in [1.54, 1.807) is 39.2 Å². The molecule has 0 radical (unpaired) electrons. The molecule has 9 heteroatoms. The first-order chi connectivity index (χ1) is 13.1. The lowest BCUT2D eigenvalue weighted by molar-refractivity contribution is -0.151. The zero-order valence-electron chi connectivity index (χ0n) is 15.7. The average Bonchev–Trinajstić information content (AvgIpc) is 3.00. The minimum absolute atomic E-state index is 0.0496. The fourth-order valence-electron chi connectivity index (χ4n) is 2.50. The summed E-state index contributed by atoms with van der Waals surface area (Å²) < 4.78 is 31.3. The van der Waals surface area contributed by atoms with Crippen molar-refractivity contribution in [3.63, 3.8) is 0 Å². The summed E-state index contributed by atoms with van der Waals surface area (Å²) in [5.41, 5.74) is 0.633. The van der Waals surface area contributed by atoms with Crippen molar-refractivity contribution >= 4 is 12.1 Å². The third kappa shape index (κ3) is 5.73. The predicted octanol–water partition coefficient (Wildman–Crippen LogP) is 1.80. The second-order valence-corrected chi connectivity index (χ2v) is 5.50. The Balaban J connectivity index is 2.09. The molecule has 0 bridgehead atoms. The lowest BCUT2D eigenvalue weighted by atomic mass is 10.0. The molecule has 1 aromatic carbocycles. The van der Waals surface area contributed by atoms with E-state index in [0.29, 0.717) is 30.3 Å². The molecule has 1 aromatic rings. The molecule has 2 rings (SSSR count). The van der Waals surface area contributed by atoms with E-state index in [1.165, 1.54) is 0 Å². The van der Waals surface area contributed by atoms with E-state index in [4.69, 9.17) is 28.4 Å². The van der Waals surface area contributed by atoms with Crippen molar-refractivity contribution in [1.29, 1.82) is 0 Å². The molecule has 0 fully saturated rings. The summed E-state index contributed by atoms with van der Waals surface area (Å²) in [6.45, 7) is 4.74. The van der Waals surface area contributed by atoms with Gasteiger partial charge < -0.3 is 33.7 Å². The monoisotopic (exact) mass is 383 g/mol. The SMILES string of the molecule is CCOC(=O)N[C@H]1c2ccc(OCOCCOC)cc2O[C@@H]1C(=O)OCC. The molecular weight excluding hydrogens is 358 g/mol. The van der Waals surface area contributed by atoms with E-state index in [0.717, 1.165) is 0 Å². The number of nitrogens with one attached hydrogen (secondary N) is 1. The number of alkyl carbamates (subject to hydrolysis) is 1. The molecule has 0 aromatic heterocycles. The van der Waals surface area contributed by atoms with E-state index in [1.807, 2.05) is 0 Å². The van der Waals surface area contributed by atoms with Gasteiger partial charge in [-0.2, -0.15) is 0 Å². The molecule has 150 valence electrons. The van der Waals surface area contributed by atoms with Gasteiger partial charge in [-0.15, -0.1) is 0 Å². The van der Waals surface area contributed by atoms with E-state index >= 15 is 0 Å². The fraction of sp³-hybridized carbons (Fsp3) is 0.556. The van der Waals surface area contributed by atoms with Crippen molar-refractivity contribution in [3.05, 3.63) is 23.8 Å². The summed E-state index contributed by atoms with van der Waals surface area (Å²) in [5, 5.41) is 2.64. The van der Waals surface area contributed by atoms with Crippen LogP contribution < -0.4 is 14.8 Å². The van der Waals surface area contributed by atoms with Crippen molar-refractivity contribution in [2.24, 2.45) is 0 Å². The van der Waals surface area contributed by atoms with Crippen LogP contribution in [0, 0.1) is 0 Å². The minimum atomic E-state index is -1.00. The Labute approximate surface area is 157 Å². The summed E-state index contributed by atoms with van der Waals surface area (Å²) >= 11 is 0. The summed E-state index contributed by atoms with van der Waals surface area (Å²) in [7, 11) is 1.59. The molecule has 1 aliphatic rings. The quantitative estimate of drug-likeness (QED) is 0.371. The van der Waals surface area contributed by atoms with Gasteiger partial charge >= 0.3 is 12.1 Å². The van der Waals surface area contributed by atoms with Gasteiger partial charge in [0.15, 0.2) is 6.79 Å². The maximum atomic E-state index is 12.2. The highest BCUT2D eigenvalue weighted by atomic mass is 16.7. The largest absolute Gasteiger partial charge is 0.476 e. The maximum absolute atomic E-state index is 12.2. The molecule has 9 nitrogen and oxygen atoms in total. The number of carbonyl (C=O) groups is 2. The first-order valence-electron chi connectivity index (χ1n) is 8.70. The van der Waals surface area contributed by atoms with E-state index in [2.05, 4.69) is 5.32 Å². The van der Waals surface area contributed by atoms with Crippen LogP contribution >= 0.6 is 0 Å². The molecule has 1 amide bonds. The van der Waals surface area contributed by atoms with Crippen LogP contribution in [0.15, 0.2) is 18.2 Å². The van der Waals surface area contributed by atoms with Gasteiger partial charge in [0.05, 0.1) is 26.4 Å². The van der Waals surface area contributed by atoms with Crippen LogP contribution in [-0.2, 0) is 23.7 Å². The predicted molar refractivity (Wildman–Crippen MR) is 93.7 cm³/mol. The molecule has 0 unspecified atom stereocenters. The second-order valence-electron chi connectivity index (χ2n) is 5.50. The van der Waals surface area contributed by atoms with Gasteiger partial charge in [-0.25, -0.2) is 9.59 Å². The van der Waals surface area contributed by atoms with Gasteiger partial charge in [0.1, 0.15) is 17.5 Å². The smallest absolute Gasteiger partial charge is 0.407 e. The number of hydrogen-bond donors (Lipinski definition) is 1. The topological polar surface area (TPSA) is 102 Å². The number of esters is 1. The zero-order valence-corrected chi connectivity index (χ0v) is 15.7. The van der Waals surface area contributed by atoms with Crippen LogP contribution in [0.5, 0.6) is 11.5 Å². The van der Waals surface area contributed by atoms with E-state index < -0.39 is 24.2 Å². The van der Waals surface area contributed by atoms with Gasteiger partial charge in [0.2, 0.25) is 6.10 Å². The lowest BCUT2D eigenvalue weighted by Gasteiger charge is -2.18. The minimum Gasteiger partial charge on any atom is -0.476 e. The van der Waals surface area contributed by atoms with Crippen molar-refractivity contribution in [3.8, 4) is 11.5 Å². The standard InChI is InChI=1S/C18H25NO8/c1-4-24-17(20)16-15(19-18(21)25-5-2)13-7-6-12(10-14(13)27-16)26-11-23-9-8-22-3/h6-7,10,15-16H,4-5,8-9,11H2,1-3H3,(H,19,21)/t15-,16-/m0/s1. The zero-order chi connectivity index (χ0) is 19.6. The average molecular weight is 383 g/mol. The molecule has 1 heterocycles. The number of benzene rings is 1. The second kappa shape index (κ2) is 10.6. The van der Waals surface area contributed by atoms with Crippen LogP contribution in [0.25, 0.3) is 0 Å². The number of ether oxygens (including phenoxy) is 6. The van der Waals surface area contributed by atoms with Gasteiger partial charge in [0.25, 0.3) is 0 Å². The number of methoxy groups -OCH3 is 1. The van der Waals surface area contributed by atoms with E-state index in [9.17, 15) is 9.59 Å². The first kappa shape index (κ1) is 20.8. The summed E-state index contributed by atoms with van der Waals surface area (Å²) in [5.74, 6) is 0.357. The maximum Gasteiger partial charge on any atom is 0.407 e. The highest BCUT2D eigenvalue weighted by Crippen LogP contribution is 2.39. The molecule has 0 saturated carbocycles. The lowest BCUT2D eigenvalue weighted by Crippen LogP contribution is -2.41. The molecular formula is C18H25NO8. The summed E-state index contributed by atoms with van der Waals surface area (Å²) in [4.78, 5) is 24.1. The van der Waals surface area contributed by atoms with Crippen LogP contribution in [0.2, 0.25) is 0 Å². The fourth-order valence-corrected chi connectivity index (χ4v) is 2.50. The van der Waals surface area contributed by atoms with Gasteiger partial charge in [-0.1, -0.05) is 0 Å².